The Morgan fingerprint density at radius 1 is 0.821 bits per heavy atom. The minimum Gasteiger partial charge on any atom is -0.355 e. The second-order valence-electron chi connectivity index (χ2n) is 7.07. The van der Waals surface area contributed by atoms with E-state index >= 15 is 0 Å². The van der Waals surface area contributed by atoms with E-state index in [1.807, 2.05) is 30.3 Å². The molecular formula is C22H26FN3O2. The van der Waals surface area contributed by atoms with Gasteiger partial charge in [0, 0.05) is 26.2 Å². The molecule has 6 heteroatoms. The van der Waals surface area contributed by atoms with Crippen LogP contribution in [0.5, 0.6) is 0 Å². The molecule has 28 heavy (non-hydrogen) atoms. The summed E-state index contributed by atoms with van der Waals surface area (Å²) in [7, 11) is 0. The summed E-state index contributed by atoms with van der Waals surface area (Å²) in [5, 5.41) is 9.00. The normalized spacial score (nSPS) is 18.6. The molecule has 0 radical (unpaired) electrons. The summed E-state index contributed by atoms with van der Waals surface area (Å²) in [5.41, 5.74) is 2.13. The maximum absolute atomic E-state index is 12.9. The van der Waals surface area contributed by atoms with Crippen LogP contribution in [0.2, 0.25) is 0 Å². The molecule has 2 aromatic carbocycles. The summed E-state index contributed by atoms with van der Waals surface area (Å²) in [5.74, 6) is -1.20. The van der Waals surface area contributed by atoms with Crippen LogP contribution in [0, 0.1) is 17.7 Å². The largest absolute Gasteiger partial charge is 0.355 e. The number of amides is 2. The number of benzene rings is 2. The standard InChI is InChI=1S/C22H26FN3O2/c23-18-8-6-17(7-9-18)11-13-26-22(28)20-15-24-14-19(20)21(27)25-12-10-16-4-2-1-3-5-16/h1-9,19-20,24H,10-15H2,(H,25,27)(H,26,28)/t19-,20-/m1/s1. The van der Waals surface area contributed by atoms with Gasteiger partial charge in [-0.25, -0.2) is 4.39 Å². The number of nitrogens with one attached hydrogen (secondary N) is 3. The number of carbonyl (C=O) groups excluding carboxylic acids is 2. The zero-order valence-electron chi connectivity index (χ0n) is 15.8. The van der Waals surface area contributed by atoms with Crippen molar-refractivity contribution in [3.05, 3.63) is 71.5 Å². The highest BCUT2D eigenvalue weighted by atomic mass is 19.1. The molecule has 2 amide bonds. The van der Waals surface area contributed by atoms with E-state index < -0.39 is 0 Å². The molecule has 0 bridgehead atoms. The molecule has 1 saturated heterocycles. The van der Waals surface area contributed by atoms with Gasteiger partial charge in [0.15, 0.2) is 0 Å². The summed E-state index contributed by atoms with van der Waals surface area (Å²) in [6, 6.07) is 16.2. The average Bonchev–Trinajstić information content (AvgIpc) is 3.20. The fraction of sp³-hybridized carbons (Fsp3) is 0.364. The van der Waals surface area contributed by atoms with E-state index in [2.05, 4.69) is 16.0 Å². The lowest BCUT2D eigenvalue weighted by Crippen LogP contribution is -2.42. The van der Waals surface area contributed by atoms with Crippen molar-refractivity contribution in [3.63, 3.8) is 0 Å². The molecule has 0 unspecified atom stereocenters. The molecular weight excluding hydrogens is 357 g/mol. The average molecular weight is 383 g/mol. The third kappa shape index (κ3) is 5.63. The number of carbonyl (C=O) groups is 2. The molecule has 2 atom stereocenters. The third-order valence-electron chi connectivity index (χ3n) is 5.07. The van der Waals surface area contributed by atoms with Crippen molar-refractivity contribution in [2.75, 3.05) is 26.2 Å². The lowest BCUT2D eigenvalue weighted by molar-refractivity contribution is -0.132. The number of halogens is 1. The van der Waals surface area contributed by atoms with Crippen LogP contribution in [0.4, 0.5) is 4.39 Å². The molecule has 0 saturated carbocycles. The summed E-state index contributed by atoms with van der Waals surface area (Å²) in [6.45, 7) is 2.02. The zero-order chi connectivity index (χ0) is 19.8. The van der Waals surface area contributed by atoms with E-state index in [1.165, 1.54) is 17.7 Å². The van der Waals surface area contributed by atoms with Crippen molar-refractivity contribution >= 4 is 11.8 Å². The first kappa shape index (κ1) is 20.0. The maximum Gasteiger partial charge on any atom is 0.225 e. The first-order chi connectivity index (χ1) is 13.6. The summed E-state index contributed by atoms with van der Waals surface area (Å²) >= 11 is 0. The van der Waals surface area contributed by atoms with Gasteiger partial charge < -0.3 is 16.0 Å². The Kier molecular flexibility index (Phi) is 7.14. The van der Waals surface area contributed by atoms with Crippen LogP contribution in [0.25, 0.3) is 0 Å². The number of rotatable bonds is 8. The zero-order valence-corrected chi connectivity index (χ0v) is 15.8. The number of hydrogen-bond acceptors (Lipinski definition) is 3. The van der Waals surface area contributed by atoms with Crippen LogP contribution in [0.3, 0.4) is 0 Å². The van der Waals surface area contributed by atoms with Gasteiger partial charge in [-0.2, -0.15) is 0 Å². The molecule has 3 rings (SSSR count). The molecule has 0 aliphatic carbocycles. The summed E-state index contributed by atoms with van der Waals surface area (Å²) < 4.78 is 12.9. The molecule has 1 heterocycles. The Morgan fingerprint density at radius 2 is 1.32 bits per heavy atom. The lowest BCUT2D eigenvalue weighted by Gasteiger charge is -2.18. The minimum absolute atomic E-state index is 0.0837. The topological polar surface area (TPSA) is 70.2 Å². The van der Waals surface area contributed by atoms with E-state index in [1.54, 1.807) is 12.1 Å². The van der Waals surface area contributed by atoms with E-state index in [0.29, 0.717) is 32.6 Å². The first-order valence-electron chi connectivity index (χ1n) is 9.68. The summed E-state index contributed by atoms with van der Waals surface area (Å²) in [4.78, 5) is 25.0. The van der Waals surface area contributed by atoms with Crippen molar-refractivity contribution in [3.8, 4) is 0 Å². The third-order valence-corrected chi connectivity index (χ3v) is 5.07. The smallest absolute Gasteiger partial charge is 0.225 e. The predicted octanol–water partition coefficient (Wildman–Crippen LogP) is 1.68. The fourth-order valence-corrected chi connectivity index (χ4v) is 3.45. The van der Waals surface area contributed by atoms with Gasteiger partial charge in [-0.3, -0.25) is 9.59 Å². The SMILES string of the molecule is O=C(NCCc1ccccc1)[C@@H]1CNC[C@H]1C(=O)NCCc1ccc(F)cc1. The Labute approximate surface area is 164 Å². The van der Waals surface area contributed by atoms with Gasteiger partial charge in [0.1, 0.15) is 5.82 Å². The van der Waals surface area contributed by atoms with Crippen molar-refractivity contribution < 1.29 is 14.0 Å². The molecule has 2 aromatic rings. The van der Waals surface area contributed by atoms with Crippen molar-refractivity contribution in [1.82, 2.24) is 16.0 Å². The van der Waals surface area contributed by atoms with E-state index in [4.69, 9.17) is 0 Å². The molecule has 148 valence electrons. The van der Waals surface area contributed by atoms with E-state index in [0.717, 1.165) is 12.0 Å². The Hall–Kier alpha value is -2.73. The van der Waals surface area contributed by atoms with E-state index in [9.17, 15) is 14.0 Å². The molecule has 0 aromatic heterocycles. The highest BCUT2D eigenvalue weighted by Crippen LogP contribution is 2.17. The van der Waals surface area contributed by atoms with Gasteiger partial charge in [-0.1, -0.05) is 42.5 Å². The van der Waals surface area contributed by atoms with Crippen LogP contribution < -0.4 is 16.0 Å². The first-order valence-corrected chi connectivity index (χ1v) is 9.68. The molecule has 1 aliphatic heterocycles. The highest BCUT2D eigenvalue weighted by Gasteiger charge is 2.37. The molecule has 5 nitrogen and oxygen atoms in total. The Balaban J connectivity index is 1.42. The van der Waals surface area contributed by atoms with Crippen molar-refractivity contribution in [2.45, 2.75) is 12.8 Å². The van der Waals surface area contributed by atoms with Gasteiger partial charge >= 0.3 is 0 Å². The second kappa shape index (κ2) is 9.99. The molecule has 1 aliphatic rings. The van der Waals surface area contributed by atoms with Gasteiger partial charge in [0.05, 0.1) is 11.8 Å². The van der Waals surface area contributed by atoms with Crippen LogP contribution >= 0.6 is 0 Å². The van der Waals surface area contributed by atoms with Gasteiger partial charge in [-0.05, 0) is 36.1 Å². The van der Waals surface area contributed by atoms with Crippen LogP contribution in [-0.2, 0) is 22.4 Å². The van der Waals surface area contributed by atoms with Gasteiger partial charge in [-0.15, -0.1) is 0 Å². The van der Waals surface area contributed by atoms with Crippen LogP contribution in [-0.4, -0.2) is 38.0 Å². The predicted molar refractivity (Wildman–Crippen MR) is 106 cm³/mol. The molecule has 3 N–H and O–H groups in total. The summed E-state index contributed by atoms with van der Waals surface area (Å²) in [6.07, 6.45) is 1.39. The lowest BCUT2D eigenvalue weighted by atomic mass is 9.94. The van der Waals surface area contributed by atoms with Crippen LogP contribution in [0.15, 0.2) is 54.6 Å². The van der Waals surface area contributed by atoms with Crippen molar-refractivity contribution in [2.24, 2.45) is 11.8 Å². The van der Waals surface area contributed by atoms with Gasteiger partial charge in [0.25, 0.3) is 0 Å². The molecule has 1 fully saturated rings. The fourth-order valence-electron chi connectivity index (χ4n) is 3.45. The Bertz CT molecular complexity index is 780. The monoisotopic (exact) mass is 383 g/mol. The Morgan fingerprint density at radius 3 is 1.86 bits per heavy atom. The van der Waals surface area contributed by atoms with Gasteiger partial charge in [0.2, 0.25) is 11.8 Å². The minimum atomic E-state index is -0.370. The van der Waals surface area contributed by atoms with E-state index in [-0.39, 0.29) is 29.5 Å². The quantitative estimate of drug-likeness (QED) is 0.650. The number of hydrogen-bond donors (Lipinski definition) is 3. The second-order valence-corrected chi connectivity index (χ2v) is 7.07. The van der Waals surface area contributed by atoms with Crippen LogP contribution in [0.1, 0.15) is 11.1 Å². The highest BCUT2D eigenvalue weighted by molar-refractivity contribution is 5.88. The molecule has 0 spiro atoms. The van der Waals surface area contributed by atoms with Crippen molar-refractivity contribution in [1.29, 1.82) is 0 Å². The maximum atomic E-state index is 12.9.